The van der Waals surface area contributed by atoms with E-state index >= 15 is 0 Å². The van der Waals surface area contributed by atoms with E-state index in [1.807, 2.05) is 36.4 Å². The molecule has 3 N–H and O–H groups in total. The van der Waals surface area contributed by atoms with Crippen molar-refractivity contribution in [3.8, 4) is 18.1 Å². The molecule has 5 heteroatoms. The van der Waals surface area contributed by atoms with Gasteiger partial charge in [0.1, 0.15) is 5.75 Å². The molecule has 0 radical (unpaired) electrons. The summed E-state index contributed by atoms with van der Waals surface area (Å²) in [4.78, 5) is 18.6. The molecule has 1 aliphatic rings. The minimum Gasteiger partial charge on any atom is -0.508 e. The number of nitrogens with two attached hydrogens (primary N) is 1. The molecule has 2 aromatic carbocycles. The smallest absolute Gasteiger partial charge is 0.240 e. The molecule has 3 atom stereocenters. The van der Waals surface area contributed by atoms with Crippen LogP contribution in [0, 0.1) is 12.3 Å². The number of phenolic OH excluding ortho intramolecular Hbond substituents is 1. The Balaban J connectivity index is 2.01. The number of phenols is 1. The highest BCUT2D eigenvalue weighted by Gasteiger charge is 2.41. The topological polar surface area (TPSA) is 69.8 Å². The van der Waals surface area contributed by atoms with E-state index in [0.717, 1.165) is 50.5 Å². The van der Waals surface area contributed by atoms with Gasteiger partial charge in [-0.15, -0.1) is 13.0 Å². The zero-order chi connectivity index (χ0) is 25.0. The molecule has 0 aliphatic carbocycles. The predicted molar refractivity (Wildman–Crippen MR) is 143 cm³/mol. The van der Waals surface area contributed by atoms with E-state index < -0.39 is 0 Å². The fourth-order valence-electron chi connectivity index (χ4n) is 5.14. The van der Waals surface area contributed by atoms with Crippen LogP contribution in [0.1, 0.15) is 49.7 Å². The number of hydrogen-bond acceptors (Lipinski definition) is 4. The molecule has 0 spiro atoms. The molecule has 2 aromatic rings. The lowest BCUT2D eigenvalue weighted by Gasteiger charge is -2.34. The molecule has 35 heavy (non-hydrogen) atoms. The highest BCUT2D eigenvalue weighted by atomic mass is 16.3. The van der Waals surface area contributed by atoms with E-state index in [-0.39, 0.29) is 29.8 Å². The monoisotopic (exact) mass is 473 g/mol. The van der Waals surface area contributed by atoms with Gasteiger partial charge >= 0.3 is 0 Å². The maximum absolute atomic E-state index is 14.2. The van der Waals surface area contributed by atoms with Gasteiger partial charge in [0, 0.05) is 18.6 Å². The summed E-state index contributed by atoms with van der Waals surface area (Å²) in [5.41, 5.74) is 7.99. The maximum Gasteiger partial charge on any atom is 0.240 e. The first-order valence-electron chi connectivity index (χ1n) is 12.7. The summed E-state index contributed by atoms with van der Waals surface area (Å²) in [6, 6.07) is 17.5. The third-order valence-electron chi connectivity index (χ3n) is 6.94. The molecule has 1 heterocycles. The van der Waals surface area contributed by atoms with Crippen molar-refractivity contribution in [3.63, 3.8) is 0 Å². The third kappa shape index (κ3) is 7.45. The van der Waals surface area contributed by atoms with E-state index in [0.29, 0.717) is 19.6 Å². The number of carbonyl (C=O) groups is 1. The van der Waals surface area contributed by atoms with Gasteiger partial charge in [-0.05, 0) is 68.3 Å². The minimum absolute atomic E-state index is 0.0355. The quantitative estimate of drug-likeness (QED) is 0.270. The molecule has 3 rings (SSSR count). The van der Waals surface area contributed by atoms with E-state index in [1.54, 1.807) is 12.1 Å². The van der Waals surface area contributed by atoms with E-state index in [2.05, 4.69) is 34.4 Å². The van der Waals surface area contributed by atoms with Gasteiger partial charge in [0.2, 0.25) is 5.91 Å². The molecular formula is C30H39N3O2. The van der Waals surface area contributed by atoms with Crippen molar-refractivity contribution in [1.29, 1.82) is 0 Å². The zero-order valence-corrected chi connectivity index (χ0v) is 20.7. The SMILES string of the molecule is C#CCN1[C@H](CCC=C)C[C@H](Cc2ccccc2)N(Cc2ccc(O)cc2)C(=O)[C@@H]1CCCCN. The Labute approximate surface area is 210 Å². The van der Waals surface area contributed by atoms with E-state index in [9.17, 15) is 9.90 Å². The highest BCUT2D eigenvalue weighted by molar-refractivity contribution is 5.82. The fraction of sp³-hybridized carbons (Fsp3) is 0.433. The number of allylic oxidation sites excluding steroid dienone is 1. The molecule has 5 nitrogen and oxygen atoms in total. The van der Waals surface area contributed by atoms with Crippen LogP contribution in [0.2, 0.25) is 0 Å². The molecule has 1 fully saturated rings. The van der Waals surface area contributed by atoms with Crippen molar-refractivity contribution >= 4 is 5.91 Å². The lowest BCUT2D eigenvalue weighted by Crippen LogP contribution is -2.49. The van der Waals surface area contributed by atoms with Crippen LogP contribution < -0.4 is 5.73 Å². The van der Waals surface area contributed by atoms with Crippen LogP contribution in [0.15, 0.2) is 67.3 Å². The molecule has 0 unspecified atom stereocenters. The minimum atomic E-state index is -0.273. The van der Waals surface area contributed by atoms with Crippen molar-refractivity contribution in [3.05, 3.63) is 78.4 Å². The molecule has 1 saturated heterocycles. The predicted octanol–water partition coefficient (Wildman–Crippen LogP) is 4.50. The van der Waals surface area contributed by atoms with Crippen molar-refractivity contribution in [2.45, 2.75) is 69.6 Å². The summed E-state index contributed by atoms with van der Waals surface area (Å²) in [6.07, 6.45) is 13.7. The number of hydrogen-bond donors (Lipinski definition) is 2. The number of carbonyl (C=O) groups excluding carboxylic acids is 1. The van der Waals surface area contributed by atoms with Gasteiger partial charge in [-0.1, -0.05) is 60.9 Å². The van der Waals surface area contributed by atoms with Crippen molar-refractivity contribution in [1.82, 2.24) is 9.80 Å². The van der Waals surface area contributed by atoms with Crippen LogP contribution in [-0.4, -0.2) is 52.0 Å². The second-order valence-electron chi connectivity index (χ2n) is 9.41. The molecule has 1 amide bonds. The second kappa shape index (κ2) is 13.7. The van der Waals surface area contributed by atoms with Gasteiger partial charge in [0.05, 0.1) is 12.6 Å². The van der Waals surface area contributed by atoms with Crippen LogP contribution in [-0.2, 0) is 17.8 Å². The van der Waals surface area contributed by atoms with Crippen LogP contribution in [0.5, 0.6) is 5.75 Å². The second-order valence-corrected chi connectivity index (χ2v) is 9.41. The van der Waals surface area contributed by atoms with Crippen LogP contribution in [0.3, 0.4) is 0 Å². The summed E-state index contributed by atoms with van der Waals surface area (Å²) in [6.45, 7) is 5.50. The number of unbranched alkanes of at least 4 members (excludes halogenated alkanes) is 1. The van der Waals surface area contributed by atoms with Gasteiger partial charge in [-0.2, -0.15) is 0 Å². The summed E-state index contributed by atoms with van der Waals surface area (Å²) in [5.74, 6) is 3.18. The number of terminal acetylenes is 1. The van der Waals surface area contributed by atoms with Crippen LogP contribution >= 0.6 is 0 Å². The maximum atomic E-state index is 14.2. The average molecular weight is 474 g/mol. The lowest BCUT2D eigenvalue weighted by atomic mass is 9.95. The van der Waals surface area contributed by atoms with Gasteiger partial charge < -0.3 is 15.7 Å². The highest BCUT2D eigenvalue weighted by Crippen LogP contribution is 2.30. The normalized spacial score (nSPS) is 20.9. The van der Waals surface area contributed by atoms with Gasteiger partial charge in [0.25, 0.3) is 0 Å². The van der Waals surface area contributed by atoms with Gasteiger partial charge in [-0.3, -0.25) is 9.69 Å². The third-order valence-corrected chi connectivity index (χ3v) is 6.94. The Morgan fingerprint density at radius 3 is 2.46 bits per heavy atom. The molecule has 186 valence electrons. The van der Waals surface area contributed by atoms with Gasteiger partial charge in [0.15, 0.2) is 0 Å². The summed E-state index contributed by atoms with van der Waals surface area (Å²) in [7, 11) is 0. The van der Waals surface area contributed by atoms with E-state index in [1.165, 1.54) is 5.56 Å². The first kappa shape index (κ1) is 26.5. The molecule has 0 saturated carbocycles. The van der Waals surface area contributed by atoms with E-state index in [4.69, 9.17) is 12.2 Å². The largest absolute Gasteiger partial charge is 0.508 e. The first-order chi connectivity index (χ1) is 17.1. The number of aromatic hydroxyl groups is 1. The van der Waals surface area contributed by atoms with Crippen molar-refractivity contribution < 1.29 is 9.90 Å². The lowest BCUT2D eigenvalue weighted by molar-refractivity contribution is -0.138. The zero-order valence-electron chi connectivity index (χ0n) is 20.7. The number of nitrogens with zero attached hydrogens (tertiary/aromatic N) is 2. The molecule has 0 aromatic heterocycles. The molecule has 0 bridgehead atoms. The Hall–Kier alpha value is -3.07. The first-order valence-corrected chi connectivity index (χ1v) is 12.7. The standard InChI is InChI=1S/C30H39N3O2/c1-3-5-13-26-22-27(21-24-11-7-6-8-12-24)33(23-25-15-17-28(34)18-16-25)30(35)29(14-9-10-19-31)32(26)20-4-2/h2-3,6-8,11-12,15-18,26-27,29,34H,1,5,9-10,13-14,19-23,31H2/t26-,27+,29+/m1/s1. The van der Waals surface area contributed by atoms with Crippen LogP contribution in [0.4, 0.5) is 0 Å². The number of benzene rings is 2. The Bertz CT molecular complexity index is 967. The Morgan fingerprint density at radius 1 is 1.06 bits per heavy atom. The molecular weight excluding hydrogens is 434 g/mol. The van der Waals surface area contributed by atoms with Crippen molar-refractivity contribution in [2.75, 3.05) is 13.1 Å². The summed E-state index contributed by atoms with van der Waals surface area (Å²) >= 11 is 0. The summed E-state index contributed by atoms with van der Waals surface area (Å²) < 4.78 is 0. The summed E-state index contributed by atoms with van der Waals surface area (Å²) in [5, 5.41) is 9.76. The van der Waals surface area contributed by atoms with Crippen molar-refractivity contribution in [2.24, 2.45) is 5.73 Å². The average Bonchev–Trinajstić information content (AvgIpc) is 2.96. The molecule has 1 aliphatic heterocycles. The van der Waals surface area contributed by atoms with Crippen LogP contribution in [0.25, 0.3) is 0 Å². The number of amides is 1. The Morgan fingerprint density at radius 2 is 1.80 bits per heavy atom. The van der Waals surface area contributed by atoms with Gasteiger partial charge in [-0.25, -0.2) is 0 Å². The Kier molecular flexibility index (Phi) is 10.4. The number of rotatable bonds is 12. The fourth-order valence-corrected chi connectivity index (χ4v) is 5.14.